The van der Waals surface area contributed by atoms with Gasteiger partial charge in [0.2, 0.25) is 0 Å². The highest BCUT2D eigenvalue weighted by molar-refractivity contribution is 7.16. The Balaban J connectivity index is 2.11. The molecule has 23 heavy (non-hydrogen) atoms. The van der Waals surface area contributed by atoms with E-state index in [0.717, 1.165) is 10.2 Å². The molecule has 1 heterocycles. The zero-order chi connectivity index (χ0) is 16.4. The van der Waals surface area contributed by atoms with Crippen LogP contribution in [0.2, 0.25) is 0 Å². The van der Waals surface area contributed by atoms with Crippen LogP contribution in [0.4, 0.5) is 4.39 Å². The van der Waals surface area contributed by atoms with Gasteiger partial charge in [-0.15, -0.1) is 0 Å². The zero-order valence-electron chi connectivity index (χ0n) is 12.7. The van der Waals surface area contributed by atoms with Crippen LogP contribution in [0.5, 0.6) is 5.75 Å². The number of carbonyl (C=O) groups is 1. The molecule has 2 aromatic carbocycles. The van der Waals surface area contributed by atoms with E-state index in [1.807, 2.05) is 11.5 Å². The van der Waals surface area contributed by atoms with Gasteiger partial charge in [-0.1, -0.05) is 17.4 Å². The maximum Gasteiger partial charge on any atom is 0.279 e. The van der Waals surface area contributed by atoms with Crippen molar-refractivity contribution in [3.63, 3.8) is 0 Å². The third-order valence-corrected chi connectivity index (χ3v) is 4.52. The summed E-state index contributed by atoms with van der Waals surface area (Å²) in [5, 5.41) is 0. The maximum atomic E-state index is 13.4. The second-order valence-electron chi connectivity index (χ2n) is 4.89. The average Bonchev–Trinajstić information content (AvgIpc) is 2.90. The van der Waals surface area contributed by atoms with Crippen LogP contribution in [0.15, 0.2) is 47.5 Å². The molecule has 0 N–H and O–H groups in total. The minimum absolute atomic E-state index is 0.298. The number of aromatic nitrogens is 1. The van der Waals surface area contributed by atoms with Crippen LogP contribution in [0.1, 0.15) is 17.3 Å². The number of benzene rings is 2. The number of hydrogen-bond acceptors (Lipinski definition) is 3. The SMILES string of the molecule is CCn1c(=NC(=O)c2cccc(OC)c2)sc2cc(F)ccc21. The first-order valence-electron chi connectivity index (χ1n) is 7.14. The second kappa shape index (κ2) is 6.34. The fourth-order valence-corrected chi connectivity index (χ4v) is 3.46. The molecule has 0 aliphatic heterocycles. The van der Waals surface area contributed by atoms with Gasteiger partial charge in [-0.05, 0) is 43.3 Å². The monoisotopic (exact) mass is 330 g/mol. The minimum Gasteiger partial charge on any atom is -0.497 e. The normalized spacial score (nSPS) is 11.9. The molecular formula is C17H15FN2O2S. The number of halogens is 1. The summed E-state index contributed by atoms with van der Waals surface area (Å²) in [4.78, 5) is 17.2. The lowest BCUT2D eigenvalue weighted by molar-refractivity contribution is 0.0997. The van der Waals surface area contributed by atoms with Crippen molar-refractivity contribution in [2.45, 2.75) is 13.5 Å². The third kappa shape index (κ3) is 3.03. The summed E-state index contributed by atoms with van der Waals surface area (Å²) < 4.78 is 21.2. The molecule has 0 unspecified atom stereocenters. The lowest BCUT2D eigenvalue weighted by Crippen LogP contribution is -2.15. The van der Waals surface area contributed by atoms with Crippen LogP contribution < -0.4 is 9.54 Å². The number of ether oxygens (including phenoxy) is 1. The molecule has 0 aliphatic rings. The molecule has 1 aromatic heterocycles. The van der Waals surface area contributed by atoms with Crippen molar-refractivity contribution in [2.75, 3.05) is 7.11 Å². The molecule has 0 saturated carbocycles. The first-order valence-corrected chi connectivity index (χ1v) is 7.96. The summed E-state index contributed by atoms with van der Waals surface area (Å²) in [5.41, 5.74) is 1.33. The van der Waals surface area contributed by atoms with Gasteiger partial charge in [0.15, 0.2) is 4.80 Å². The summed E-state index contributed by atoms with van der Waals surface area (Å²) >= 11 is 1.30. The van der Waals surface area contributed by atoms with E-state index in [0.29, 0.717) is 22.7 Å². The molecule has 118 valence electrons. The van der Waals surface area contributed by atoms with E-state index >= 15 is 0 Å². The van der Waals surface area contributed by atoms with Gasteiger partial charge < -0.3 is 9.30 Å². The van der Waals surface area contributed by atoms with Crippen LogP contribution in [0.25, 0.3) is 10.2 Å². The Bertz CT molecular complexity index is 943. The smallest absolute Gasteiger partial charge is 0.279 e. The van der Waals surface area contributed by atoms with Crippen LogP contribution in [-0.4, -0.2) is 17.6 Å². The van der Waals surface area contributed by atoms with Crippen molar-refractivity contribution in [3.8, 4) is 5.75 Å². The predicted octanol–water partition coefficient (Wildman–Crippen LogP) is 3.61. The Hall–Kier alpha value is -2.47. The Morgan fingerprint density at radius 1 is 1.30 bits per heavy atom. The molecule has 4 nitrogen and oxygen atoms in total. The van der Waals surface area contributed by atoms with Gasteiger partial charge in [0.05, 0.1) is 17.3 Å². The fraction of sp³-hybridized carbons (Fsp3) is 0.176. The number of fused-ring (bicyclic) bond motifs is 1. The van der Waals surface area contributed by atoms with E-state index in [4.69, 9.17) is 4.74 Å². The molecule has 0 bridgehead atoms. The number of rotatable bonds is 3. The van der Waals surface area contributed by atoms with Crippen molar-refractivity contribution in [1.82, 2.24) is 4.57 Å². The van der Waals surface area contributed by atoms with Gasteiger partial charge in [-0.3, -0.25) is 4.79 Å². The summed E-state index contributed by atoms with van der Waals surface area (Å²) in [6.07, 6.45) is 0. The second-order valence-corrected chi connectivity index (χ2v) is 5.90. The number of methoxy groups -OCH3 is 1. The topological polar surface area (TPSA) is 43.6 Å². The first kappa shape index (κ1) is 15.4. The number of hydrogen-bond donors (Lipinski definition) is 0. The van der Waals surface area contributed by atoms with Gasteiger partial charge in [0, 0.05) is 12.1 Å². The number of nitrogens with zero attached hydrogens (tertiary/aromatic N) is 2. The quantitative estimate of drug-likeness (QED) is 0.736. The van der Waals surface area contributed by atoms with E-state index in [2.05, 4.69) is 4.99 Å². The molecule has 0 radical (unpaired) electrons. The van der Waals surface area contributed by atoms with E-state index in [-0.39, 0.29) is 11.7 Å². The maximum absolute atomic E-state index is 13.4. The van der Waals surface area contributed by atoms with Crippen LogP contribution >= 0.6 is 11.3 Å². The average molecular weight is 330 g/mol. The standard InChI is InChI=1S/C17H15FN2O2S/c1-3-20-14-8-7-12(18)10-15(14)23-17(20)19-16(21)11-5-4-6-13(9-11)22-2/h4-10H,3H2,1-2H3. The summed E-state index contributed by atoms with van der Waals surface area (Å²) in [7, 11) is 1.55. The Kier molecular flexibility index (Phi) is 4.25. The van der Waals surface area contributed by atoms with Crippen molar-refractivity contribution in [2.24, 2.45) is 4.99 Å². The summed E-state index contributed by atoms with van der Waals surface area (Å²) in [6, 6.07) is 11.4. The lowest BCUT2D eigenvalue weighted by atomic mass is 10.2. The summed E-state index contributed by atoms with van der Waals surface area (Å²) in [6.45, 7) is 2.61. The first-order chi connectivity index (χ1) is 11.1. The fourth-order valence-electron chi connectivity index (χ4n) is 2.35. The van der Waals surface area contributed by atoms with Crippen LogP contribution in [0.3, 0.4) is 0 Å². The Morgan fingerprint density at radius 3 is 2.87 bits per heavy atom. The number of amides is 1. The molecule has 6 heteroatoms. The zero-order valence-corrected chi connectivity index (χ0v) is 13.6. The minimum atomic E-state index is -0.349. The molecule has 0 fully saturated rings. The van der Waals surface area contributed by atoms with Gasteiger partial charge >= 0.3 is 0 Å². The molecule has 0 saturated heterocycles. The van der Waals surface area contributed by atoms with Crippen molar-refractivity contribution < 1.29 is 13.9 Å². The largest absolute Gasteiger partial charge is 0.497 e. The summed E-state index contributed by atoms with van der Waals surface area (Å²) in [5.74, 6) is -0.0429. The van der Waals surface area contributed by atoms with E-state index in [1.54, 1.807) is 37.4 Å². The highest BCUT2D eigenvalue weighted by Crippen LogP contribution is 2.19. The molecule has 3 aromatic rings. The van der Waals surface area contributed by atoms with Gasteiger partial charge in [0.25, 0.3) is 5.91 Å². The van der Waals surface area contributed by atoms with Gasteiger partial charge in [-0.25, -0.2) is 4.39 Å². The molecule has 0 atom stereocenters. The highest BCUT2D eigenvalue weighted by atomic mass is 32.1. The molecular weight excluding hydrogens is 315 g/mol. The van der Waals surface area contributed by atoms with Crippen molar-refractivity contribution in [3.05, 3.63) is 58.6 Å². The van der Waals surface area contributed by atoms with E-state index < -0.39 is 0 Å². The van der Waals surface area contributed by atoms with Gasteiger partial charge in [-0.2, -0.15) is 4.99 Å². The van der Waals surface area contributed by atoms with Gasteiger partial charge in [0.1, 0.15) is 11.6 Å². The Labute approximate surface area is 136 Å². The lowest BCUT2D eigenvalue weighted by Gasteiger charge is -2.01. The number of aryl methyl sites for hydroxylation is 1. The van der Waals surface area contributed by atoms with Crippen molar-refractivity contribution >= 4 is 27.5 Å². The van der Waals surface area contributed by atoms with Crippen molar-refractivity contribution in [1.29, 1.82) is 0 Å². The molecule has 3 rings (SSSR count). The van der Waals surface area contributed by atoms with Crippen LogP contribution in [-0.2, 0) is 6.54 Å². The van der Waals surface area contributed by atoms with E-state index in [1.165, 1.54) is 23.5 Å². The molecule has 0 spiro atoms. The van der Waals surface area contributed by atoms with Crippen LogP contribution in [0, 0.1) is 5.82 Å². The number of carbonyl (C=O) groups excluding carboxylic acids is 1. The highest BCUT2D eigenvalue weighted by Gasteiger charge is 2.09. The number of thiazole rings is 1. The van der Waals surface area contributed by atoms with E-state index in [9.17, 15) is 9.18 Å². The molecule has 0 aliphatic carbocycles. The Morgan fingerprint density at radius 2 is 2.13 bits per heavy atom. The third-order valence-electron chi connectivity index (χ3n) is 3.47. The molecule has 1 amide bonds. The predicted molar refractivity (Wildman–Crippen MR) is 88.3 cm³/mol.